The van der Waals surface area contributed by atoms with E-state index in [2.05, 4.69) is 110 Å². The van der Waals surface area contributed by atoms with E-state index in [9.17, 15) is 9.18 Å². The Morgan fingerprint density at radius 2 is 1.47 bits per heavy atom. The van der Waals surface area contributed by atoms with Gasteiger partial charge in [0.25, 0.3) is 8.32 Å². The van der Waals surface area contributed by atoms with Crippen LogP contribution in [0, 0.1) is 5.82 Å². The number of imidazole rings is 2. The molecule has 246 valence electrons. The lowest BCUT2D eigenvalue weighted by atomic mass is 9.85. The van der Waals surface area contributed by atoms with Crippen molar-refractivity contribution in [2.75, 3.05) is 0 Å². The topological polar surface area (TPSA) is 79.8 Å². The molecule has 0 saturated heterocycles. The molecule has 0 spiro atoms. The molecule has 7 aromatic rings. The molecular formula is C39H37FN6O2Si. The summed E-state index contributed by atoms with van der Waals surface area (Å²) in [4.78, 5) is 27.9. The Morgan fingerprint density at radius 1 is 0.816 bits per heavy atom. The van der Waals surface area contributed by atoms with Crippen molar-refractivity contribution in [3.8, 4) is 5.95 Å². The SMILES string of the molecule is Cn1c(=O)n([C@@H]2CCC(O[Si](c3ccccc3)(c3ccccc3)C(C)(C)C)c3ccccc32)c2nc(-n3cnc4ccc(F)cc43)ncc21. The average molecular weight is 669 g/mol. The third kappa shape index (κ3) is 4.97. The standard InChI is InChI=1S/C39H37FN6O2Si/c1-39(2,3)49(27-13-7-5-8-14-27,28-15-9-6-10-16-28)48-35-22-21-32(29-17-11-12-18-30(29)35)46-36-34(44(4)38(46)47)24-41-37(43-36)45-25-42-31-20-19-26(40)23-33(31)45/h5-20,23-25,32,35H,21-22H2,1-4H3/t32-,35?/m1/s1. The number of hydrogen-bond donors (Lipinski definition) is 0. The zero-order valence-corrected chi connectivity index (χ0v) is 28.9. The Labute approximate surface area is 284 Å². The molecule has 3 aromatic heterocycles. The number of nitrogens with zero attached hydrogens (tertiary/aromatic N) is 6. The highest BCUT2D eigenvalue weighted by atomic mass is 28.4. The summed E-state index contributed by atoms with van der Waals surface area (Å²) >= 11 is 0. The van der Waals surface area contributed by atoms with Crippen LogP contribution in [0.15, 0.2) is 120 Å². The average Bonchev–Trinajstić information content (AvgIpc) is 3.64. The van der Waals surface area contributed by atoms with E-state index in [1.165, 1.54) is 22.5 Å². The molecule has 10 heteroatoms. The first-order valence-electron chi connectivity index (χ1n) is 16.6. The van der Waals surface area contributed by atoms with Gasteiger partial charge < -0.3 is 4.43 Å². The van der Waals surface area contributed by atoms with Crippen LogP contribution in [-0.2, 0) is 11.5 Å². The first-order valence-corrected chi connectivity index (χ1v) is 18.5. The summed E-state index contributed by atoms with van der Waals surface area (Å²) in [6.07, 6.45) is 4.46. The summed E-state index contributed by atoms with van der Waals surface area (Å²) in [5.41, 5.74) is 4.27. The lowest BCUT2D eigenvalue weighted by Crippen LogP contribution is -2.67. The first kappa shape index (κ1) is 31.1. The maximum Gasteiger partial charge on any atom is 0.330 e. The highest BCUT2D eigenvalue weighted by Gasteiger charge is 2.52. The van der Waals surface area contributed by atoms with E-state index < -0.39 is 8.32 Å². The van der Waals surface area contributed by atoms with Gasteiger partial charge in [0.2, 0.25) is 5.95 Å². The molecule has 0 saturated carbocycles. The van der Waals surface area contributed by atoms with Crippen LogP contribution in [-0.4, -0.2) is 37.0 Å². The van der Waals surface area contributed by atoms with Crippen molar-refractivity contribution in [2.45, 2.75) is 50.8 Å². The number of benzene rings is 4. The van der Waals surface area contributed by atoms with E-state index in [1.807, 2.05) is 6.07 Å². The van der Waals surface area contributed by atoms with E-state index in [-0.39, 0.29) is 28.7 Å². The van der Waals surface area contributed by atoms with Gasteiger partial charge in [-0.15, -0.1) is 0 Å². The minimum atomic E-state index is -2.85. The smallest absolute Gasteiger partial charge is 0.330 e. The fourth-order valence-electron chi connectivity index (χ4n) is 7.69. The zero-order valence-electron chi connectivity index (χ0n) is 27.9. The van der Waals surface area contributed by atoms with Gasteiger partial charge in [-0.2, -0.15) is 4.98 Å². The Hall–Kier alpha value is -5.19. The van der Waals surface area contributed by atoms with Crippen molar-refractivity contribution in [3.63, 3.8) is 0 Å². The van der Waals surface area contributed by atoms with Crippen LogP contribution in [0.5, 0.6) is 0 Å². The largest absolute Gasteiger partial charge is 0.400 e. The Morgan fingerprint density at radius 3 is 2.14 bits per heavy atom. The molecule has 4 aromatic carbocycles. The summed E-state index contributed by atoms with van der Waals surface area (Å²) in [6.45, 7) is 6.88. The van der Waals surface area contributed by atoms with Crippen LogP contribution in [0.3, 0.4) is 0 Å². The molecule has 8 rings (SSSR count). The summed E-state index contributed by atoms with van der Waals surface area (Å²) in [5.74, 6) is -0.0578. The van der Waals surface area contributed by atoms with Gasteiger partial charge in [0, 0.05) is 13.1 Å². The van der Waals surface area contributed by atoms with E-state index in [1.54, 1.807) is 39.3 Å². The molecular weight excluding hydrogens is 632 g/mol. The quantitative estimate of drug-likeness (QED) is 0.187. The molecule has 3 heterocycles. The molecule has 49 heavy (non-hydrogen) atoms. The van der Waals surface area contributed by atoms with Crippen LogP contribution < -0.4 is 16.1 Å². The minimum Gasteiger partial charge on any atom is -0.400 e. The fourth-order valence-corrected chi connectivity index (χ4v) is 12.4. The van der Waals surface area contributed by atoms with Gasteiger partial charge in [0.15, 0.2) is 5.65 Å². The number of aromatic nitrogens is 6. The van der Waals surface area contributed by atoms with Crippen LogP contribution >= 0.6 is 0 Å². The van der Waals surface area contributed by atoms with Crippen molar-refractivity contribution in [2.24, 2.45) is 7.05 Å². The van der Waals surface area contributed by atoms with E-state index >= 15 is 0 Å². The third-order valence-corrected chi connectivity index (χ3v) is 15.0. The molecule has 0 bridgehead atoms. The molecule has 0 radical (unpaired) electrons. The Bertz CT molecular complexity index is 2340. The summed E-state index contributed by atoms with van der Waals surface area (Å²) in [7, 11) is -1.10. The summed E-state index contributed by atoms with van der Waals surface area (Å²) in [6, 6.07) is 33.9. The van der Waals surface area contributed by atoms with Crippen molar-refractivity contribution < 1.29 is 8.82 Å². The van der Waals surface area contributed by atoms with E-state index in [0.717, 1.165) is 17.5 Å². The molecule has 1 aliphatic rings. The summed E-state index contributed by atoms with van der Waals surface area (Å²) < 4.78 is 26.9. The maximum atomic E-state index is 14.2. The van der Waals surface area contributed by atoms with Gasteiger partial charge in [-0.1, -0.05) is 106 Å². The highest BCUT2D eigenvalue weighted by Crippen LogP contribution is 2.46. The summed E-state index contributed by atoms with van der Waals surface area (Å²) in [5, 5.41) is 2.28. The fraction of sp³-hybridized carbons (Fsp3) is 0.231. The lowest BCUT2D eigenvalue weighted by Gasteiger charge is -2.46. The van der Waals surface area contributed by atoms with Crippen LogP contribution in [0.4, 0.5) is 4.39 Å². The van der Waals surface area contributed by atoms with E-state index in [0.29, 0.717) is 34.6 Å². The normalized spacial score (nSPS) is 16.7. The van der Waals surface area contributed by atoms with Gasteiger partial charge in [-0.3, -0.25) is 13.7 Å². The van der Waals surface area contributed by atoms with Gasteiger partial charge >= 0.3 is 5.69 Å². The maximum absolute atomic E-state index is 14.2. The molecule has 0 fully saturated rings. The van der Waals surface area contributed by atoms with Crippen molar-refractivity contribution in [3.05, 3.63) is 143 Å². The van der Waals surface area contributed by atoms with Crippen LogP contribution in [0.25, 0.3) is 28.1 Å². The van der Waals surface area contributed by atoms with Crippen LogP contribution in [0.2, 0.25) is 5.04 Å². The second-order valence-corrected chi connectivity index (χ2v) is 18.1. The zero-order chi connectivity index (χ0) is 33.9. The first-order chi connectivity index (χ1) is 23.7. The molecule has 0 aliphatic heterocycles. The molecule has 2 atom stereocenters. The third-order valence-electron chi connectivity index (χ3n) is 10.00. The Kier molecular flexibility index (Phi) is 7.46. The number of rotatable bonds is 6. The van der Waals surface area contributed by atoms with Crippen molar-refractivity contribution in [1.29, 1.82) is 0 Å². The highest BCUT2D eigenvalue weighted by molar-refractivity contribution is 6.99. The lowest BCUT2D eigenvalue weighted by molar-refractivity contribution is 0.160. The second-order valence-electron chi connectivity index (χ2n) is 13.8. The molecule has 1 aliphatic carbocycles. The van der Waals surface area contributed by atoms with Crippen LogP contribution in [0.1, 0.15) is 56.9 Å². The number of hydrogen-bond acceptors (Lipinski definition) is 5. The Balaban J connectivity index is 1.25. The molecule has 8 nitrogen and oxygen atoms in total. The molecule has 1 unspecified atom stereocenters. The van der Waals surface area contributed by atoms with Gasteiger partial charge in [0.1, 0.15) is 17.7 Å². The molecule has 0 N–H and O–H groups in total. The van der Waals surface area contributed by atoms with Gasteiger partial charge in [-0.05, 0) is 51.5 Å². The predicted molar refractivity (Wildman–Crippen MR) is 193 cm³/mol. The second kappa shape index (κ2) is 11.7. The predicted octanol–water partition coefficient (Wildman–Crippen LogP) is 6.61. The molecule has 0 amide bonds. The minimum absolute atomic E-state index is 0.172. The number of aryl methyl sites for hydroxylation is 1. The van der Waals surface area contributed by atoms with E-state index in [4.69, 9.17) is 9.41 Å². The monoisotopic (exact) mass is 668 g/mol. The van der Waals surface area contributed by atoms with Gasteiger partial charge in [0.05, 0.1) is 29.4 Å². The number of halogens is 1. The number of fused-ring (bicyclic) bond motifs is 3. The van der Waals surface area contributed by atoms with Gasteiger partial charge in [-0.25, -0.2) is 19.2 Å². The van der Waals surface area contributed by atoms with Crippen molar-refractivity contribution in [1.82, 2.24) is 28.7 Å². The van der Waals surface area contributed by atoms with Crippen molar-refractivity contribution >= 4 is 40.9 Å².